The van der Waals surface area contributed by atoms with Crippen LogP contribution in [0.3, 0.4) is 0 Å². The van der Waals surface area contributed by atoms with E-state index in [1.807, 2.05) is 0 Å². The molecule has 0 aromatic rings. The number of rotatable bonds is 6. The largest absolute Gasteiger partial charge is 0.469 e. The average molecular weight is 263 g/mol. The van der Waals surface area contributed by atoms with Gasteiger partial charge in [0, 0.05) is 6.04 Å². The Kier molecular flexibility index (Phi) is 5.39. The molecule has 0 aromatic heterocycles. The van der Waals surface area contributed by atoms with Gasteiger partial charge < -0.3 is 10.5 Å². The highest BCUT2D eigenvalue weighted by atomic mass is 32.2. The van der Waals surface area contributed by atoms with Gasteiger partial charge in [0.15, 0.2) is 9.84 Å². The Labute approximate surface area is 103 Å². The lowest BCUT2D eigenvalue weighted by molar-refractivity contribution is -0.140. The second-order valence-electron chi connectivity index (χ2n) is 4.65. The molecule has 6 heteroatoms. The van der Waals surface area contributed by atoms with Crippen molar-refractivity contribution in [2.45, 2.75) is 38.1 Å². The summed E-state index contributed by atoms with van der Waals surface area (Å²) < 4.78 is 27.9. The van der Waals surface area contributed by atoms with Gasteiger partial charge in [0.05, 0.1) is 25.0 Å². The Hall–Kier alpha value is -0.620. The van der Waals surface area contributed by atoms with E-state index in [0.29, 0.717) is 5.92 Å². The smallest absolute Gasteiger partial charge is 0.306 e. The summed E-state index contributed by atoms with van der Waals surface area (Å²) in [5.74, 6) is -0.361. The van der Waals surface area contributed by atoms with Crippen LogP contribution in [0, 0.1) is 5.92 Å². The Morgan fingerprint density at radius 1 is 1.41 bits per heavy atom. The summed E-state index contributed by atoms with van der Waals surface area (Å²) in [7, 11) is -2.00. The van der Waals surface area contributed by atoms with Crippen molar-refractivity contribution < 1.29 is 17.9 Å². The Morgan fingerprint density at radius 2 is 2.00 bits per heavy atom. The third-order valence-corrected chi connectivity index (χ3v) is 5.02. The molecule has 1 atom stereocenters. The highest BCUT2D eigenvalue weighted by molar-refractivity contribution is 7.91. The maximum atomic E-state index is 11.7. The standard InChI is InChI=1S/C11H21NO4S/c1-16-11(13)6-7-17(14,15)8-10(12)9-4-2-3-5-9/h9-10H,2-8,12H2,1H3. The lowest BCUT2D eigenvalue weighted by Gasteiger charge is -2.18. The SMILES string of the molecule is COC(=O)CCS(=O)(=O)CC(N)C1CCCC1. The van der Waals surface area contributed by atoms with Crippen molar-refractivity contribution in [3.8, 4) is 0 Å². The molecule has 1 aliphatic rings. The van der Waals surface area contributed by atoms with Crippen LogP contribution in [0.5, 0.6) is 0 Å². The Balaban J connectivity index is 2.39. The predicted molar refractivity (Wildman–Crippen MR) is 65.2 cm³/mol. The molecule has 0 aromatic carbocycles. The summed E-state index contributed by atoms with van der Waals surface area (Å²) in [5.41, 5.74) is 5.91. The lowest BCUT2D eigenvalue weighted by Crippen LogP contribution is -2.36. The van der Waals surface area contributed by atoms with Crippen LogP contribution < -0.4 is 5.73 Å². The van der Waals surface area contributed by atoms with E-state index in [1.54, 1.807) is 0 Å². The molecule has 0 amide bonds. The first-order valence-electron chi connectivity index (χ1n) is 5.97. The minimum absolute atomic E-state index is 0.0192. The van der Waals surface area contributed by atoms with Crippen LogP contribution in [0.4, 0.5) is 0 Å². The van der Waals surface area contributed by atoms with Crippen LogP contribution in [0.1, 0.15) is 32.1 Å². The highest BCUT2D eigenvalue weighted by Gasteiger charge is 2.26. The molecule has 5 nitrogen and oxygen atoms in total. The minimum Gasteiger partial charge on any atom is -0.469 e. The molecule has 1 unspecified atom stereocenters. The van der Waals surface area contributed by atoms with Gasteiger partial charge in [0.1, 0.15) is 0 Å². The number of sulfone groups is 1. The molecular formula is C11H21NO4S. The van der Waals surface area contributed by atoms with E-state index in [2.05, 4.69) is 4.74 Å². The van der Waals surface area contributed by atoms with Crippen LogP contribution >= 0.6 is 0 Å². The predicted octanol–water partition coefficient (Wildman–Crippen LogP) is 0.482. The van der Waals surface area contributed by atoms with Crippen LogP contribution in [0.25, 0.3) is 0 Å². The van der Waals surface area contributed by atoms with Gasteiger partial charge in [-0.15, -0.1) is 0 Å². The fraction of sp³-hybridized carbons (Fsp3) is 0.909. The van der Waals surface area contributed by atoms with E-state index in [-0.39, 0.29) is 24.0 Å². The molecule has 0 radical (unpaired) electrons. The van der Waals surface area contributed by atoms with Gasteiger partial charge in [0.25, 0.3) is 0 Å². The summed E-state index contributed by atoms with van der Waals surface area (Å²) in [5, 5.41) is 0. The van der Waals surface area contributed by atoms with Gasteiger partial charge in [-0.25, -0.2) is 8.42 Å². The van der Waals surface area contributed by atoms with E-state index in [9.17, 15) is 13.2 Å². The van der Waals surface area contributed by atoms with Crippen molar-refractivity contribution in [3.05, 3.63) is 0 Å². The first-order valence-corrected chi connectivity index (χ1v) is 7.79. The maximum Gasteiger partial charge on any atom is 0.306 e. The quantitative estimate of drug-likeness (QED) is 0.704. The fourth-order valence-corrected chi connectivity index (χ4v) is 3.74. The summed E-state index contributed by atoms with van der Waals surface area (Å²) in [6.45, 7) is 0. The Bertz CT molecular complexity index is 346. The van der Waals surface area contributed by atoms with Gasteiger partial charge in [0.2, 0.25) is 0 Å². The maximum absolute atomic E-state index is 11.7. The minimum atomic E-state index is -3.25. The molecular weight excluding hydrogens is 242 g/mol. The van der Waals surface area contributed by atoms with Gasteiger partial charge in [-0.3, -0.25) is 4.79 Å². The highest BCUT2D eigenvalue weighted by Crippen LogP contribution is 2.27. The first kappa shape index (κ1) is 14.4. The van der Waals surface area contributed by atoms with E-state index in [0.717, 1.165) is 25.7 Å². The zero-order chi connectivity index (χ0) is 12.9. The molecule has 0 spiro atoms. The summed E-state index contributed by atoms with van der Waals surface area (Å²) in [6, 6.07) is -0.292. The Morgan fingerprint density at radius 3 is 2.53 bits per heavy atom. The second kappa shape index (κ2) is 6.35. The number of ether oxygens (including phenoxy) is 1. The number of esters is 1. The molecule has 0 saturated heterocycles. The molecule has 100 valence electrons. The normalized spacial score (nSPS) is 19.2. The van der Waals surface area contributed by atoms with Crippen molar-refractivity contribution in [2.24, 2.45) is 11.7 Å². The zero-order valence-corrected chi connectivity index (χ0v) is 11.0. The zero-order valence-electron chi connectivity index (χ0n) is 10.2. The van der Waals surface area contributed by atoms with Crippen molar-refractivity contribution in [2.75, 3.05) is 18.6 Å². The van der Waals surface area contributed by atoms with E-state index in [4.69, 9.17) is 5.73 Å². The fourth-order valence-electron chi connectivity index (χ4n) is 2.24. The molecule has 1 fully saturated rings. The van der Waals surface area contributed by atoms with Crippen LogP contribution in [0.15, 0.2) is 0 Å². The number of hydrogen-bond acceptors (Lipinski definition) is 5. The number of carbonyl (C=O) groups is 1. The topological polar surface area (TPSA) is 86.5 Å². The van der Waals surface area contributed by atoms with Crippen molar-refractivity contribution in [3.63, 3.8) is 0 Å². The first-order chi connectivity index (χ1) is 7.94. The number of methoxy groups -OCH3 is 1. The number of hydrogen-bond donors (Lipinski definition) is 1. The van der Waals surface area contributed by atoms with Gasteiger partial charge in [-0.2, -0.15) is 0 Å². The number of nitrogens with two attached hydrogens (primary N) is 1. The van der Waals surface area contributed by atoms with Crippen LogP contribution in [-0.4, -0.2) is 39.0 Å². The van der Waals surface area contributed by atoms with Crippen LogP contribution in [-0.2, 0) is 19.4 Å². The molecule has 0 bridgehead atoms. The van der Waals surface area contributed by atoms with Crippen LogP contribution in [0.2, 0.25) is 0 Å². The van der Waals surface area contributed by atoms with Gasteiger partial charge in [-0.05, 0) is 18.8 Å². The molecule has 0 heterocycles. The summed E-state index contributed by atoms with van der Waals surface area (Å²) in [4.78, 5) is 10.9. The van der Waals surface area contributed by atoms with Crippen molar-refractivity contribution in [1.82, 2.24) is 0 Å². The van der Waals surface area contributed by atoms with Crippen molar-refractivity contribution in [1.29, 1.82) is 0 Å². The monoisotopic (exact) mass is 263 g/mol. The lowest BCUT2D eigenvalue weighted by atomic mass is 10.0. The van der Waals surface area contributed by atoms with E-state index < -0.39 is 15.8 Å². The molecule has 2 N–H and O–H groups in total. The third kappa shape index (κ3) is 5.04. The molecule has 17 heavy (non-hydrogen) atoms. The number of carbonyl (C=O) groups excluding carboxylic acids is 1. The molecule has 1 rings (SSSR count). The van der Waals surface area contributed by atoms with E-state index in [1.165, 1.54) is 7.11 Å². The van der Waals surface area contributed by atoms with Gasteiger partial charge >= 0.3 is 5.97 Å². The average Bonchev–Trinajstić information content (AvgIpc) is 2.78. The van der Waals surface area contributed by atoms with Crippen molar-refractivity contribution >= 4 is 15.8 Å². The summed E-state index contributed by atoms with van der Waals surface area (Å²) in [6.07, 6.45) is 4.23. The third-order valence-electron chi connectivity index (χ3n) is 3.30. The van der Waals surface area contributed by atoms with Gasteiger partial charge in [-0.1, -0.05) is 12.8 Å². The molecule has 1 aliphatic carbocycles. The van der Waals surface area contributed by atoms with E-state index >= 15 is 0 Å². The molecule has 0 aliphatic heterocycles. The molecule has 1 saturated carbocycles. The summed E-state index contributed by atoms with van der Waals surface area (Å²) >= 11 is 0. The second-order valence-corrected chi connectivity index (χ2v) is 6.88.